The third kappa shape index (κ3) is 5.51. The van der Waals surface area contributed by atoms with Gasteiger partial charge in [-0.2, -0.15) is 0 Å². The summed E-state index contributed by atoms with van der Waals surface area (Å²) in [5.74, 6) is 2.16. The molecule has 1 aromatic heterocycles. The molecule has 0 saturated carbocycles. The second-order valence-corrected chi connectivity index (χ2v) is 6.95. The van der Waals surface area contributed by atoms with Crippen LogP contribution >= 0.6 is 11.8 Å². The Morgan fingerprint density at radius 3 is 2.48 bits per heavy atom. The van der Waals surface area contributed by atoms with Gasteiger partial charge in [0, 0.05) is 0 Å². The molecule has 0 spiro atoms. The number of ketones is 1. The Hall–Kier alpha value is -3.00. The molecule has 0 unspecified atom stereocenters. The molecule has 3 rings (SSSR count). The van der Waals surface area contributed by atoms with E-state index in [1.165, 1.54) is 12.7 Å². The lowest BCUT2D eigenvalue weighted by molar-refractivity contribution is 0.101. The molecule has 0 aliphatic carbocycles. The fourth-order valence-corrected chi connectivity index (χ4v) is 3.22. The quantitative estimate of drug-likeness (QED) is 0.360. The number of hydrogen-bond acceptors (Lipinski definition) is 8. The molecule has 7 nitrogen and oxygen atoms in total. The minimum atomic E-state index is -0.127. The minimum Gasteiger partial charge on any atom is -0.497 e. The van der Waals surface area contributed by atoms with E-state index in [0.29, 0.717) is 28.2 Å². The van der Waals surface area contributed by atoms with Crippen LogP contribution in [0.3, 0.4) is 0 Å². The van der Waals surface area contributed by atoms with Crippen LogP contribution in [0.15, 0.2) is 52.1 Å². The zero-order valence-corrected chi connectivity index (χ0v) is 17.3. The summed E-state index contributed by atoms with van der Waals surface area (Å²) in [6, 6.07) is 12.9. The Morgan fingerprint density at radius 1 is 1.03 bits per heavy atom. The molecule has 29 heavy (non-hydrogen) atoms. The van der Waals surface area contributed by atoms with E-state index in [9.17, 15) is 4.79 Å². The van der Waals surface area contributed by atoms with Gasteiger partial charge in [0.15, 0.2) is 12.4 Å². The first kappa shape index (κ1) is 20.7. The van der Waals surface area contributed by atoms with Crippen molar-refractivity contribution in [2.75, 3.05) is 20.0 Å². The summed E-state index contributed by atoms with van der Waals surface area (Å²) in [4.78, 5) is 12.6. The van der Waals surface area contributed by atoms with Crippen LogP contribution in [0.5, 0.6) is 17.2 Å². The van der Waals surface area contributed by atoms with Gasteiger partial charge in [0.2, 0.25) is 0 Å². The van der Waals surface area contributed by atoms with Crippen LogP contribution in [0.1, 0.15) is 28.7 Å². The Labute approximate surface area is 173 Å². The highest BCUT2D eigenvalue weighted by atomic mass is 32.2. The molecule has 0 amide bonds. The molecular formula is C21H22N2O5S. The predicted molar refractivity (Wildman–Crippen MR) is 109 cm³/mol. The van der Waals surface area contributed by atoms with Crippen LogP contribution in [-0.4, -0.2) is 36.0 Å². The minimum absolute atomic E-state index is 0.127. The van der Waals surface area contributed by atoms with Crippen LogP contribution in [0.25, 0.3) is 0 Å². The number of aryl methyl sites for hydroxylation is 1. The van der Waals surface area contributed by atoms with Crippen molar-refractivity contribution in [1.82, 2.24) is 10.2 Å². The summed E-state index contributed by atoms with van der Waals surface area (Å²) in [6.45, 7) is 2.26. The van der Waals surface area contributed by atoms with Crippen molar-refractivity contribution in [3.63, 3.8) is 0 Å². The van der Waals surface area contributed by atoms with Gasteiger partial charge in [-0.25, -0.2) is 0 Å². The summed E-state index contributed by atoms with van der Waals surface area (Å²) in [6.07, 6.45) is 0.977. The molecule has 0 N–H and O–H groups in total. The van der Waals surface area contributed by atoms with Crippen molar-refractivity contribution in [3.05, 3.63) is 59.5 Å². The predicted octanol–water partition coefficient (Wildman–Crippen LogP) is 4.20. The van der Waals surface area contributed by atoms with E-state index in [0.717, 1.165) is 23.9 Å². The van der Waals surface area contributed by atoms with Crippen LogP contribution in [-0.2, 0) is 13.0 Å². The van der Waals surface area contributed by atoms with Crippen LogP contribution < -0.4 is 14.2 Å². The molecule has 152 valence electrons. The first-order valence-corrected chi connectivity index (χ1v) is 10.0. The molecular weight excluding hydrogens is 392 g/mol. The maximum Gasteiger partial charge on any atom is 0.277 e. The van der Waals surface area contributed by atoms with E-state index in [1.807, 2.05) is 24.3 Å². The molecule has 0 radical (unpaired) electrons. The number of hydrogen-bond donors (Lipinski definition) is 0. The van der Waals surface area contributed by atoms with Crippen LogP contribution in [0.4, 0.5) is 0 Å². The molecule has 0 fully saturated rings. The van der Waals surface area contributed by atoms with Gasteiger partial charge in [-0.15, -0.1) is 10.2 Å². The lowest BCUT2D eigenvalue weighted by atomic mass is 10.1. The van der Waals surface area contributed by atoms with Crippen LogP contribution in [0.2, 0.25) is 0 Å². The number of aromatic nitrogens is 2. The topological polar surface area (TPSA) is 83.7 Å². The Balaban J connectivity index is 1.55. The van der Waals surface area contributed by atoms with Gasteiger partial charge in [-0.05, 0) is 42.3 Å². The van der Waals surface area contributed by atoms with Gasteiger partial charge in [-0.3, -0.25) is 4.79 Å². The second kappa shape index (κ2) is 9.97. The molecule has 3 aromatic rings. The van der Waals surface area contributed by atoms with E-state index >= 15 is 0 Å². The van der Waals surface area contributed by atoms with Crippen molar-refractivity contribution >= 4 is 17.5 Å². The first-order chi connectivity index (χ1) is 14.1. The number of methoxy groups -OCH3 is 2. The van der Waals surface area contributed by atoms with E-state index in [-0.39, 0.29) is 18.1 Å². The molecule has 0 bridgehead atoms. The van der Waals surface area contributed by atoms with Gasteiger partial charge < -0.3 is 18.6 Å². The monoisotopic (exact) mass is 414 g/mol. The van der Waals surface area contributed by atoms with Crippen molar-refractivity contribution in [1.29, 1.82) is 0 Å². The second-order valence-electron chi connectivity index (χ2n) is 6.03. The van der Waals surface area contributed by atoms with Gasteiger partial charge in [0.25, 0.3) is 11.1 Å². The first-order valence-electron chi connectivity index (χ1n) is 9.05. The summed E-state index contributed by atoms with van der Waals surface area (Å²) in [5, 5.41) is 8.22. The smallest absolute Gasteiger partial charge is 0.277 e. The van der Waals surface area contributed by atoms with Gasteiger partial charge in [-0.1, -0.05) is 30.8 Å². The highest BCUT2D eigenvalue weighted by Crippen LogP contribution is 2.27. The highest BCUT2D eigenvalue weighted by molar-refractivity contribution is 7.99. The number of ether oxygens (including phenoxy) is 3. The summed E-state index contributed by atoms with van der Waals surface area (Å²) >= 11 is 1.16. The fraction of sp³-hybridized carbons (Fsp3) is 0.286. The molecule has 0 saturated heterocycles. The molecule has 0 aliphatic heterocycles. The van der Waals surface area contributed by atoms with Crippen molar-refractivity contribution < 1.29 is 23.4 Å². The number of rotatable bonds is 10. The SMILES string of the molecule is CCc1ccc(OCc2nnc(SCC(=O)c3cc(OC)ccc3OC)o2)cc1. The van der Waals surface area contributed by atoms with Crippen LogP contribution in [0, 0.1) is 0 Å². The molecule has 1 heterocycles. The highest BCUT2D eigenvalue weighted by Gasteiger charge is 2.16. The van der Waals surface area contributed by atoms with E-state index < -0.39 is 0 Å². The third-order valence-electron chi connectivity index (χ3n) is 4.18. The lowest BCUT2D eigenvalue weighted by Gasteiger charge is -2.08. The normalized spacial score (nSPS) is 10.6. The number of carbonyl (C=O) groups excluding carboxylic acids is 1. The van der Waals surface area contributed by atoms with Crippen molar-refractivity contribution in [2.24, 2.45) is 0 Å². The van der Waals surface area contributed by atoms with Crippen molar-refractivity contribution in [3.8, 4) is 17.2 Å². The standard InChI is InChI=1S/C21H22N2O5S/c1-4-14-5-7-15(8-6-14)27-12-20-22-23-21(28-20)29-13-18(24)17-11-16(25-2)9-10-19(17)26-3/h5-11H,4,12-13H2,1-3H3. The lowest BCUT2D eigenvalue weighted by Crippen LogP contribution is -2.05. The van der Waals surface area contributed by atoms with Gasteiger partial charge in [0.1, 0.15) is 17.2 Å². The number of Topliss-reactive ketones (excluding diaryl/α,β-unsaturated/α-hetero) is 1. The van der Waals surface area contributed by atoms with E-state index in [1.54, 1.807) is 25.3 Å². The Bertz CT molecular complexity index is 956. The van der Waals surface area contributed by atoms with Gasteiger partial charge >= 0.3 is 0 Å². The fourth-order valence-electron chi connectivity index (χ4n) is 2.56. The molecule has 8 heteroatoms. The number of nitrogens with zero attached hydrogens (tertiary/aromatic N) is 2. The number of benzene rings is 2. The van der Waals surface area contributed by atoms with E-state index in [2.05, 4.69) is 17.1 Å². The maximum absolute atomic E-state index is 12.6. The average molecular weight is 414 g/mol. The molecule has 2 aromatic carbocycles. The third-order valence-corrected chi connectivity index (χ3v) is 4.99. The largest absolute Gasteiger partial charge is 0.497 e. The van der Waals surface area contributed by atoms with E-state index in [4.69, 9.17) is 18.6 Å². The van der Waals surface area contributed by atoms with Crippen molar-refractivity contribution in [2.45, 2.75) is 25.2 Å². The molecule has 0 aliphatic rings. The number of thioether (sulfide) groups is 1. The maximum atomic E-state index is 12.6. The summed E-state index contributed by atoms with van der Waals surface area (Å²) in [5.41, 5.74) is 1.68. The van der Waals surface area contributed by atoms with Gasteiger partial charge in [0.05, 0.1) is 25.5 Å². The summed E-state index contributed by atoms with van der Waals surface area (Å²) < 4.78 is 21.6. The number of carbonyl (C=O) groups is 1. The molecule has 0 atom stereocenters. The zero-order valence-electron chi connectivity index (χ0n) is 16.5. The zero-order chi connectivity index (χ0) is 20.6. The Morgan fingerprint density at radius 2 is 1.79 bits per heavy atom. The average Bonchev–Trinajstić information content (AvgIpc) is 3.23. The Kier molecular flexibility index (Phi) is 7.13. The summed E-state index contributed by atoms with van der Waals surface area (Å²) in [7, 11) is 3.07.